The molecule has 1 amide bonds. The monoisotopic (exact) mass is 264 g/mol. The number of aromatic nitrogens is 2. The number of amides is 1. The molecule has 0 radical (unpaired) electrons. The molecule has 1 atom stereocenters. The highest BCUT2D eigenvalue weighted by Gasteiger charge is 2.24. The van der Waals surface area contributed by atoms with Crippen LogP contribution in [0.25, 0.3) is 0 Å². The minimum absolute atomic E-state index is 0.0701. The standard InChI is InChI=1S/C14H24N4O/c1-10-13(11(2)17(4)16-10)15-14(19)12(3)18-8-6-5-7-9-18/h12H,5-9H2,1-4H3,(H,15,19). The average molecular weight is 264 g/mol. The Bertz CT molecular complexity index is 460. The van der Waals surface area contributed by atoms with E-state index < -0.39 is 0 Å². The lowest BCUT2D eigenvalue weighted by atomic mass is 10.1. The second-order valence-electron chi connectivity index (χ2n) is 5.43. The quantitative estimate of drug-likeness (QED) is 0.906. The minimum atomic E-state index is -0.0701. The number of likely N-dealkylation sites (tertiary alicyclic amines) is 1. The maximum Gasteiger partial charge on any atom is 0.241 e. The number of carbonyl (C=O) groups excluding carboxylic acids is 1. The largest absolute Gasteiger partial charge is 0.322 e. The molecule has 106 valence electrons. The Morgan fingerprint density at radius 2 is 1.89 bits per heavy atom. The van der Waals surface area contributed by atoms with Crippen molar-refractivity contribution < 1.29 is 4.79 Å². The van der Waals surface area contributed by atoms with Crippen LogP contribution in [0, 0.1) is 13.8 Å². The molecule has 5 nitrogen and oxygen atoms in total. The summed E-state index contributed by atoms with van der Waals surface area (Å²) < 4.78 is 1.80. The Kier molecular flexibility index (Phi) is 4.24. The Balaban J connectivity index is 2.03. The van der Waals surface area contributed by atoms with Gasteiger partial charge in [-0.15, -0.1) is 0 Å². The molecule has 1 unspecified atom stereocenters. The second-order valence-corrected chi connectivity index (χ2v) is 5.43. The van der Waals surface area contributed by atoms with Crippen LogP contribution in [0.3, 0.4) is 0 Å². The highest BCUT2D eigenvalue weighted by molar-refractivity contribution is 5.95. The number of nitrogens with zero attached hydrogens (tertiary/aromatic N) is 3. The molecular weight excluding hydrogens is 240 g/mol. The van der Waals surface area contributed by atoms with Crippen LogP contribution in [0.1, 0.15) is 37.6 Å². The molecule has 0 spiro atoms. The van der Waals surface area contributed by atoms with Gasteiger partial charge in [-0.2, -0.15) is 5.10 Å². The highest BCUT2D eigenvalue weighted by atomic mass is 16.2. The lowest BCUT2D eigenvalue weighted by molar-refractivity contribution is -0.121. The van der Waals surface area contributed by atoms with Gasteiger partial charge in [-0.3, -0.25) is 14.4 Å². The van der Waals surface area contributed by atoms with Gasteiger partial charge < -0.3 is 5.32 Å². The Morgan fingerprint density at radius 1 is 1.26 bits per heavy atom. The van der Waals surface area contributed by atoms with Crippen LogP contribution in [0.2, 0.25) is 0 Å². The summed E-state index contributed by atoms with van der Waals surface area (Å²) in [6.45, 7) is 7.94. The molecule has 1 aliphatic rings. The van der Waals surface area contributed by atoms with E-state index >= 15 is 0 Å². The van der Waals surface area contributed by atoms with E-state index in [2.05, 4.69) is 15.3 Å². The Morgan fingerprint density at radius 3 is 2.42 bits per heavy atom. The van der Waals surface area contributed by atoms with Gasteiger partial charge in [-0.25, -0.2) is 0 Å². The summed E-state index contributed by atoms with van der Waals surface area (Å²) >= 11 is 0. The van der Waals surface area contributed by atoms with Gasteiger partial charge in [-0.1, -0.05) is 6.42 Å². The van der Waals surface area contributed by atoms with Crippen LogP contribution in [0.5, 0.6) is 0 Å². The van der Waals surface area contributed by atoms with Gasteiger partial charge in [0, 0.05) is 7.05 Å². The topological polar surface area (TPSA) is 50.2 Å². The Hall–Kier alpha value is -1.36. The molecule has 0 aromatic carbocycles. The third kappa shape index (κ3) is 2.97. The lowest BCUT2D eigenvalue weighted by Crippen LogP contribution is -2.44. The predicted molar refractivity (Wildman–Crippen MR) is 76.2 cm³/mol. The van der Waals surface area contributed by atoms with Gasteiger partial charge in [0.2, 0.25) is 5.91 Å². The summed E-state index contributed by atoms with van der Waals surface area (Å²) in [7, 11) is 1.89. The zero-order valence-electron chi connectivity index (χ0n) is 12.4. The number of anilines is 1. The fourth-order valence-electron chi connectivity index (χ4n) is 2.65. The van der Waals surface area contributed by atoms with Crippen LogP contribution in [0.15, 0.2) is 0 Å². The van der Waals surface area contributed by atoms with Gasteiger partial charge in [0.25, 0.3) is 0 Å². The SMILES string of the molecule is Cc1nn(C)c(C)c1NC(=O)C(C)N1CCCCC1. The first-order chi connectivity index (χ1) is 9.00. The number of piperidine rings is 1. The number of carbonyl (C=O) groups is 1. The van der Waals surface area contributed by atoms with Crippen molar-refractivity contribution in [1.29, 1.82) is 0 Å². The highest BCUT2D eigenvalue weighted by Crippen LogP contribution is 2.20. The second kappa shape index (κ2) is 5.74. The molecule has 19 heavy (non-hydrogen) atoms. The van der Waals surface area contributed by atoms with Gasteiger partial charge in [-0.05, 0) is 46.7 Å². The van der Waals surface area contributed by atoms with E-state index in [1.807, 2.05) is 27.8 Å². The fraction of sp³-hybridized carbons (Fsp3) is 0.714. The molecule has 0 bridgehead atoms. The summed E-state index contributed by atoms with van der Waals surface area (Å²) in [6, 6.07) is -0.0701. The van der Waals surface area contributed by atoms with Crippen molar-refractivity contribution in [1.82, 2.24) is 14.7 Å². The smallest absolute Gasteiger partial charge is 0.241 e. The van der Waals surface area contributed by atoms with Gasteiger partial charge >= 0.3 is 0 Å². The molecule has 1 N–H and O–H groups in total. The number of hydrogen-bond donors (Lipinski definition) is 1. The van der Waals surface area contributed by atoms with Crippen molar-refractivity contribution in [2.24, 2.45) is 7.05 Å². The molecular formula is C14H24N4O. The first-order valence-electron chi connectivity index (χ1n) is 7.06. The van der Waals surface area contributed by atoms with Crippen molar-refractivity contribution in [3.05, 3.63) is 11.4 Å². The average Bonchev–Trinajstić information content (AvgIpc) is 2.65. The summed E-state index contributed by atoms with van der Waals surface area (Å²) in [5.74, 6) is 0.0705. The first-order valence-corrected chi connectivity index (χ1v) is 7.06. The Labute approximate surface area is 115 Å². The normalized spacial score (nSPS) is 18.3. The van der Waals surface area contributed by atoms with E-state index in [4.69, 9.17) is 0 Å². The molecule has 2 heterocycles. The van der Waals surface area contributed by atoms with E-state index in [1.165, 1.54) is 19.3 Å². The summed E-state index contributed by atoms with van der Waals surface area (Å²) in [6.07, 6.45) is 3.68. The van der Waals surface area contributed by atoms with Crippen LogP contribution in [-0.4, -0.2) is 39.7 Å². The molecule has 0 aliphatic carbocycles. The molecule has 2 rings (SSSR count). The number of aryl methyl sites for hydroxylation is 2. The third-order valence-electron chi connectivity index (χ3n) is 4.08. The van der Waals surface area contributed by atoms with Crippen molar-refractivity contribution in [3.63, 3.8) is 0 Å². The van der Waals surface area contributed by atoms with E-state index in [9.17, 15) is 4.79 Å². The van der Waals surface area contributed by atoms with E-state index in [-0.39, 0.29) is 11.9 Å². The van der Waals surface area contributed by atoms with Gasteiger partial charge in [0.1, 0.15) is 0 Å². The van der Waals surface area contributed by atoms with Crippen LogP contribution in [0.4, 0.5) is 5.69 Å². The molecule has 1 aliphatic heterocycles. The summed E-state index contributed by atoms with van der Waals surface area (Å²) in [4.78, 5) is 14.6. The first kappa shape index (κ1) is 14.1. The number of rotatable bonds is 3. The van der Waals surface area contributed by atoms with Crippen LogP contribution < -0.4 is 5.32 Å². The van der Waals surface area contributed by atoms with E-state index in [0.717, 1.165) is 30.2 Å². The van der Waals surface area contributed by atoms with Crippen LogP contribution >= 0.6 is 0 Å². The fourth-order valence-corrected chi connectivity index (χ4v) is 2.65. The third-order valence-corrected chi connectivity index (χ3v) is 4.08. The maximum atomic E-state index is 12.3. The predicted octanol–water partition coefficient (Wildman–Crippen LogP) is 1.85. The molecule has 1 fully saturated rings. The zero-order valence-corrected chi connectivity index (χ0v) is 12.4. The van der Waals surface area contributed by atoms with Gasteiger partial charge in [0.15, 0.2) is 0 Å². The maximum absolute atomic E-state index is 12.3. The van der Waals surface area contributed by atoms with Crippen LogP contribution in [-0.2, 0) is 11.8 Å². The van der Waals surface area contributed by atoms with E-state index in [1.54, 1.807) is 4.68 Å². The van der Waals surface area contributed by atoms with Crippen molar-refractivity contribution in [2.75, 3.05) is 18.4 Å². The number of nitrogens with one attached hydrogen (secondary N) is 1. The van der Waals surface area contributed by atoms with Crippen molar-refractivity contribution >= 4 is 11.6 Å². The lowest BCUT2D eigenvalue weighted by Gasteiger charge is -2.31. The van der Waals surface area contributed by atoms with E-state index in [0.29, 0.717) is 0 Å². The zero-order chi connectivity index (χ0) is 14.0. The number of hydrogen-bond acceptors (Lipinski definition) is 3. The summed E-state index contributed by atoms with van der Waals surface area (Å²) in [5.41, 5.74) is 2.73. The molecule has 1 aromatic heterocycles. The molecule has 1 aromatic rings. The van der Waals surface area contributed by atoms with Crippen molar-refractivity contribution in [3.8, 4) is 0 Å². The molecule has 5 heteroatoms. The van der Waals surface area contributed by atoms with Crippen molar-refractivity contribution in [2.45, 2.75) is 46.1 Å². The summed E-state index contributed by atoms with van der Waals surface area (Å²) in [5, 5.41) is 7.36. The minimum Gasteiger partial charge on any atom is -0.322 e. The van der Waals surface area contributed by atoms with Gasteiger partial charge in [0.05, 0.1) is 23.1 Å². The molecule has 0 saturated carbocycles. The molecule has 1 saturated heterocycles.